The number of hydrogen-bond acceptors (Lipinski definition) is 15. The Hall–Kier alpha value is -1.94. The summed E-state index contributed by atoms with van der Waals surface area (Å²) in [6, 6.07) is 0. The highest BCUT2D eigenvalue weighted by Crippen LogP contribution is 2.45. The van der Waals surface area contributed by atoms with Crippen LogP contribution in [0.2, 0.25) is 0 Å². The lowest BCUT2D eigenvalue weighted by molar-refractivity contribution is -0.161. The lowest BCUT2D eigenvalue weighted by atomic mass is 9.99. The van der Waals surface area contributed by atoms with Crippen LogP contribution in [0.25, 0.3) is 0 Å². The van der Waals surface area contributed by atoms with E-state index in [1.54, 1.807) is 0 Å². The largest absolute Gasteiger partial charge is 0.472 e. The second kappa shape index (κ2) is 72.0. The van der Waals surface area contributed by atoms with Crippen molar-refractivity contribution in [2.75, 3.05) is 39.6 Å². The van der Waals surface area contributed by atoms with Crippen molar-refractivity contribution in [2.45, 2.75) is 446 Å². The molecule has 0 bridgehead atoms. The molecule has 0 saturated heterocycles. The van der Waals surface area contributed by atoms with Crippen molar-refractivity contribution in [1.82, 2.24) is 0 Å². The number of phosphoric acid groups is 2. The summed E-state index contributed by atoms with van der Waals surface area (Å²) < 4.78 is 68.8. The predicted molar refractivity (Wildman–Crippen MR) is 418 cm³/mol. The number of esters is 4. The van der Waals surface area contributed by atoms with Crippen LogP contribution in [0.15, 0.2) is 0 Å². The maximum absolute atomic E-state index is 13.1. The minimum absolute atomic E-state index is 0.105. The van der Waals surface area contributed by atoms with Gasteiger partial charge in [0, 0.05) is 25.7 Å². The third-order valence-electron chi connectivity index (χ3n) is 20.0. The maximum atomic E-state index is 13.1. The number of phosphoric ester groups is 2. The average Bonchev–Trinajstić information content (AvgIpc) is 1.06. The first-order chi connectivity index (χ1) is 49.2. The standard InChI is InChI=1S/C83H162O17P2/c1-9-75(7)61-53-45-37-31-24-20-15-13-11-12-14-16-22-26-33-39-49-57-65-82(87)99-78(69-93-80(85)63-55-47-38-32-25-21-18-17-19-23-29-35-43-51-59-73(3)4)71-97-101(89,90)95-67-77(84)68-96-102(91,92)98-72-79(70-94-81(86)64-56-48-42-41-46-54-62-76(8)10-2)100-83(88)66-58-50-40-34-28-27-30-36-44-52-60-74(5)6/h73-79,84H,9-72H2,1-8H3,(H,89,90)(H,91,92)/t75?,76?,77-,78-,79-/m1/s1. The molecule has 102 heavy (non-hydrogen) atoms. The minimum atomic E-state index is -4.96. The second-order valence-electron chi connectivity index (χ2n) is 31.3. The van der Waals surface area contributed by atoms with Crippen molar-refractivity contribution < 1.29 is 80.2 Å². The zero-order chi connectivity index (χ0) is 75.3. The summed E-state index contributed by atoms with van der Waals surface area (Å²) >= 11 is 0. The zero-order valence-corrected chi connectivity index (χ0v) is 69.0. The number of aliphatic hydroxyl groups is 1. The molecule has 0 saturated carbocycles. The zero-order valence-electron chi connectivity index (χ0n) is 67.2. The smallest absolute Gasteiger partial charge is 0.462 e. The number of ether oxygens (including phenoxy) is 4. The molecule has 19 heteroatoms. The molecule has 0 aliphatic carbocycles. The van der Waals surface area contributed by atoms with Gasteiger partial charge in [0.25, 0.3) is 0 Å². The van der Waals surface area contributed by atoms with E-state index < -0.39 is 97.5 Å². The van der Waals surface area contributed by atoms with Crippen molar-refractivity contribution in [3.63, 3.8) is 0 Å². The van der Waals surface area contributed by atoms with E-state index in [0.717, 1.165) is 120 Å². The molecule has 0 fully saturated rings. The Balaban J connectivity index is 5.22. The monoisotopic (exact) mass is 1490 g/mol. The van der Waals surface area contributed by atoms with Gasteiger partial charge in [-0.2, -0.15) is 0 Å². The fourth-order valence-electron chi connectivity index (χ4n) is 12.7. The summed E-state index contributed by atoms with van der Waals surface area (Å²) in [6.07, 6.45) is 59.7. The molecule has 0 rings (SSSR count). The van der Waals surface area contributed by atoms with Crippen LogP contribution in [-0.2, 0) is 65.4 Å². The summed E-state index contributed by atoms with van der Waals surface area (Å²) in [4.78, 5) is 73.1. The van der Waals surface area contributed by atoms with Gasteiger partial charge in [-0.1, -0.05) is 376 Å². The van der Waals surface area contributed by atoms with E-state index >= 15 is 0 Å². The molecule has 0 aliphatic rings. The van der Waals surface area contributed by atoms with Crippen molar-refractivity contribution in [2.24, 2.45) is 23.7 Å². The highest BCUT2D eigenvalue weighted by molar-refractivity contribution is 7.47. The molecular formula is C83H162O17P2. The second-order valence-corrected chi connectivity index (χ2v) is 34.2. The van der Waals surface area contributed by atoms with Crippen molar-refractivity contribution in [1.29, 1.82) is 0 Å². The number of unbranched alkanes of at least 4 members (excludes halogenated alkanes) is 44. The van der Waals surface area contributed by atoms with Gasteiger partial charge in [-0.15, -0.1) is 0 Å². The van der Waals surface area contributed by atoms with E-state index in [0.29, 0.717) is 25.7 Å². The molecule has 0 heterocycles. The highest BCUT2D eigenvalue weighted by Gasteiger charge is 2.30. The van der Waals surface area contributed by atoms with E-state index in [2.05, 4.69) is 55.4 Å². The Morgan fingerprint density at radius 1 is 0.275 bits per heavy atom. The van der Waals surface area contributed by atoms with Gasteiger partial charge in [0.1, 0.15) is 19.3 Å². The van der Waals surface area contributed by atoms with Gasteiger partial charge >= 0.3 is 39.5 Å². The van der Waals surface area contributed by atoms with Gasteiger partial charge in [0.15, 0.2) is 12.2 Å². The third-order valence-corrected chi connectivity index (χ3v) is 21.9. The summed E-state index contributed by atoms with van der Waals surface area (Å²) in [6.45, 7) is 14.3. The number of rotatable bonds is 80. The maximum Gasteiger partial charge on any atom is 0.472 e. The molecule has 0 spiro atoms. The van der Waals surface area contributed by atoms with Crippen molar-refractivity contribution >= 4 is 39.5 Å². The van der Waals surface area contributed by atoms with E-state index in [1.807, 2.05) is 0 Å². The molecular weight excluding hydrogens is 1330 g/mol. The Morgan fingerprint density at radius 2 is 0.471 bits per heavy atom. The predicted octanol–water partition coefficient (Wildman–Crippen LogP) is 24.8. The normalized spacial score (nSPS) is 14.5. The summed E-state index contributed by atoms with van der Waals surface area (Å²) in [7, 11) is -9.92. The molecule has 606 valence electrons. The van der Waals surface area contributed by atoms with E-state index in [4.69, 9.17) is 37.0 Å². The number of aliphatic hydroxyl groups excluding tert-OH is 1. The fraction of sp³-hybridized carbons (Fsp3) is 0.952. The first-order valence-corrected chi connectivity index (χ1v) is 45.8. The molecule has 17 nitrogen and oxygen atoms in total. The molecule has 0 radical (unpaired) electrons. The molecule has 7 atom stereocenters. The molecule has 0 aromatic rings. The van der Waals surface area contributed by atoms with Crippen LogP contribution in [0.3, 0.4) is 0 Å². The van der Waals surface area contributed by atoms with Gasteiger partial charge in [-0.05, 0) is 49.4 Å². The topological polar surface area (TPSA) is 237 Å². The molecule has 0 aliphatic heterocycles. The first kappa shape index (κ1) is 100. The number of hydrogen-bond donors (Lipinski definition) is 3. The van der Waals surface area contributed by atoms with Crippen LogP contribution in [0.1, 0.15) is 428 Å². The van der Waals surface area contributed by atoms with Crippen molar-refractivity contribution in [3.05, 3.63) is 0 Å². The summed E-state index contributed by atoms with van der Waals surface area (Å²) in [5.41, 5.74) is 0. The van der Waals surface area contributed by atoms with Gasteiger partial charge in [-0.25, -0.2) is 9.13 Å². The molecule has 4 unspecified atom stereocenters. The van der Waals surface area contributed by atoms with Crippen LogP contribution >= 0.6 is 15.6 Å². The fourth-order valence-corrected chi connectivity index (χ4v) is 14.3. The Labute approximate surface area is 626 Å². The SMILES string of the molecule is CCC(C)CCCCCCCCCCCCCCCCCCCCC(=O)O[C@H](COC(=O)CCCCCCCCCCCCCCCCC(C)C)COP(=O)(O)OC[C@@H](O)COP(=O)(O)OC[C@@H](COC(=O)CCCCCCCCC(C)CC)OC(=O)CCCCCCCCCCCCC(C)C. The quantitative estimate of drug-likeness (QED) is 0.0222. The van der Waals surface area contributed by atoms with Gasteiger partial charge in [-0.3, -0.25) is 37.3 Å². The minimum Gasteiger partial charge on any atom is -0.462 e. The average molecular weight is 1490 g/mol. The lowest BCUT2D eigenvalue weighted by Crippen LogP contribution is -2.30. The van der Waals surface area contributed by atoms with Crippen LogP contribution in [0.5, 0.6) is 0 Å². The van der Waals surface area contributed by atoms with Crippen LogP contribution in [0, 0.1) is 23.7 Å². The number of carbonyl (C=O) groups is 4. The van der Waals surface area contributed by atoms with E-state index in [9.17, 15) is 43.2 Å². The van der Waals surface area contributed by atoms with Gasteiger partial charge < -0.3 is 33.8 Å². The molecule has 3 N–H and O–H groups in total. The van der Waals surface area contributed by atoms with E-state index in [-0.39, 0.29) is 25.7 Å². The van der Waals surface area contributed by atoms with Crippen LogP contribution < -0.4 is 0 Å². The molecule has 0 aromatic heterocycles. The third kappa shape index (κ3) is 73.6. The van der Waals surface area contributed by atoms with Gasteiger partial charge in [0.05, 0.1) is 26.4 Å². The van der Waals surface area contributed by atoms with Gasteiger partial charge in [0.2, 0.25) is 0 Å². The Morgan fingerprint density at radius 3 is 0.696 bits per heavy atom. The summed E-state index contributed by atoms with van der Waals surface area (Å²) in [5.74, 6) is 1.04. The summed E-state index contributed by atoms with van der Waals surface area (Å²) in [5, 5.41) is 10.6. The first-order valence-electron chi connectivity index (χ1n) is 42.8. The van der Waals surface area contributed by atoms with E-state index in [1.165, 1.54) is 225 Å². The lowest BCUT2D eigenvalue weighted by Gasteiger charge is -2.21. The number of carbonyl (C=O) groups excluding carboxylic acids is 4. The van der Waals surface area contributed by atoms with Crippen LogP contribution in [0.4, 0.5) is 0 Å². The Kier molecular flexibility index (Phi) is 70.6. The molecule has 0 aromatic carbocycles. The van der Waals surface area contributed by atoms with Crippen molar-refractivity contribution in [3.8, 4) is 0 Å². The highest BCUT2D eigenvalue weighted by atomic mass is 31.2. The molecule has 0 amide bonds. The Bertz CT molecular complexity index is 1990. The van der Waals surface area contributed by atoms with Crippen LogP contribution in [-0.4, -0.2) is 96.7 Å².